The van der Waals surface area contributed by atoms with E-state index >= 15 is 0 Å². The van der Waals surface area contributed by atoms with Crippen LogP contribution >= 0.6 is 0 Å². The van der Waals surface area contributed by atoms with Gasteiger partial charge in [0.15, 0.2) is 11.5 Å². The van der Waals surface area contributed by atoms with Crippen molar-refractivity contribution in [1.29, 1.82) is 0 Å². The van der Waals surface area contributed by atoms with Crippen LogP contribution in [0.3, 0.4) is 0 Å². The molecule has 1 aliphatic rings. The summed E-state index contributed by atoms with van der Waals surface area (Å²) in [4.78, 5) is 39.8. The Morgan fingerprint density at radius 2 is 1.74 bits per heavy atom. The lowest BCUT2D eigenvalue weighted by molar-refractivity contribution is -0.131. The number of aromatic amines is 1. The number of amides is 2. The number of carbonyl (C=O) groups is 2. The van der Waals surface area contributed by atoms with Gasteiger partial charge in [0.25, 0.3) is 5.91 Å². The van der Waals surface area contributed by atoms with E-state index in [1.165, 1.54) is 12.4 Å². The lowest BCUT2D eigenvalue weighted by atomic mass is 10.1. The SMILES string of the molecule is Nc1nccnc1C(=O)N1CCN(C(=O)Cc2c[nH]c3ccccc23)CC1. The summed E-state index contributed by atoms with van der Waals surface area (Å²) < 4.78 is 0. The second kappa shape index (κ2) is 7.06. The molecule has 8 heteroatoms. The number of anilines is 1. The van der Waals surface area contributed by atoms with Gasteiger partial charge in [0, 0.05) is 55.7 Å². The van der Waals surface area contributed by atoms with Gasteiger partial charge in [0.1, 0.15) is 0 Å². The van der Waals surface area contributed by atoms with Crippen molar-refractivity contribution in [2.75, 3.05) is 31.9 Å². The molecule has 3 N–H and O–H groups in total. The van der Waals surface area contributed by atoms with E-state index in [4.69, 9.17) is 5.73 Å². The first-order valence-electron chi connectivity index (χ1n) is 8.82. The zero-order valence-electron chi connectivity index (χ0n) is 14.8. The van der Waals surface area contributed by atoms with Gasteiger partial charge in [-0.2, -0.15) is 0 Å². The number of nitrogen functional groups attached to an aromatic ring is 1. The lowest BCUT2D eigenvalue weighted by Gasteiger charge is -2.34. The Bertz CT molecular complexity index is 991. The number of nitrogens with zero attached hydrogens (tertiary/aromatic N) is 4. The summed E-state index contributed by atoms with van der Waals surface area (Å²) in [7, 11) is 0. The molecule has 138 valence electrons. The molecule has 3 aromatic rings. The van der Waals surface area contributed by atoms with Gasteiger partial charge in [-0.15, -0.1) is 0 Å². The quantitative estimate of drug-likeness (QED) is 0.723. The van der Waals surface area contributed by atoms with Crippen LogP contribution in [-0.4, -0.2) is 62.7 Å². The summed E-state index contributed by atoms with van der Waals surface area (Å²) in [5.41, 5.74) is 7.91. The summed E-state index contributed by atoms with van der Waals surface area (Å²) in [6.07, 6.45) is 5.13. The van der Waals surface area contributed by atoms with Crippen LogP contribution in [0.2, 0.25) is 0 Å². The summed E-state index contributed by atoms with van der Waals surface area (Å²) >= 11 is 0. The fourth-order valence-corrected chi connectivity index (χ4v) is 3.37. The first kappa shape index (κ1) is 17.0. The third-order valence-electron chi connectivity index (χ3n) is 4.87. The molecule has 0 spiro atoms. The molecule has 4 rings (SSSR count). The minimum Gasteiger partial charge on any atom is -0.382 e. The topological polar surface area (TPSA) is 108 Å². The minimum atomic E-state index is -0.246. The van der Waals surface area contributed by atoms with Gasteiger partial charge in [-0.3, -0.25) is 9.59 Å². The van der Waals surface area contributed by atoms with E-state index in [0.717, 1.165) is 16.5 Å². The van der Waals surface area contributed by atoms with Crippen LogP contribution in [0.1, 0.15) is 16.1 Å². The molecule has 8 nitrogen and oxygen atoms in total. The molecular weight excluding hydrogens is 344 g/mol. The average Bonchev–Trinajstić information content (AvgIpc) is 3.11. The van der Waals surface area contributed by atoms with Crippen molar-refractivity contribution in [1.82, 2.24) is 24.8 Å². The largest absolute Gasteiger partial charge is 0.382 e. The molecule has 1 fully saturated rings. The van der Waals surface area contributed by atoms with Crippen molar-refractivity contribution in [3.8, 4) is 0 Å². The Labute approximate surface area is 156 Å². The number of fused-ring (bicyclic) bond motifs is 1. The number of benzene rings is 1. The fraction of sp³-hybridized carbons (Fsp3) is 0.263. The van der Waals surface area contributed by atoms with Crippen molar-refractivity contribution in [3.05, 3.63) is 54.1 Å². The van der Waals surface area contributed by atoms with Crippen molar-refractivity contribution < 1.29 is 9.59 Å². The summed E-state index contributed by atoms with van der Waals surface area (Å²) in [6.45, 7) is 1.89. The normalized spacial score (nSPS) is 14.5. The predicted octanol–water partition coefficient (Wildman–Crippen LogP) is 1.07. The standard InChI is InChI=1S/C19H20N6O2/c20-18-17(21-5-6-22-18)19(27)25-9-7-24(8-10-25)16(26)11-13-12-23-15-4-2-1-3-14(13)15/h1-6,12,23H,7-11H2,(H2,20,22). The van der Waals surface area contributed by atoms with Crippen LogP contribution in [0, 0.1) is 0 Å². The maximum absolute atomic E-state index is 12.7. The monoisotopic (exact) mass is 364 g/mol. The first-order chi connectivity index (χ1) is 13.1. The highest BCUT2D eigenvalue weighted by Crippen LogP contribution is 2.19. The number of nitrogens with one attached hydrogen (secondary N) is 1. The number of nitrogens with two attached hydrogens (primary N) is 1. The lowest BCUT2D eigenvalue weighted by Crippen LogP contribution is -2.51. The van der Waals surface area contributed by atoms with E-state index in [9.17, 15) is 9.59 Å². The first-order valence-corrected chi connectivity index (χ1v) is 8.82. The smallest absolute Gasteiger partial charge is 0.276 e. The molecule has 0 radical (unpaired) electrons. The van der Waals surface area contributed by atoms with E-state index in [0.29, 0.717) is 32.6 Å². The molecular formula is C19H20N6O2. The molecule has 2 aromatic heterocycles. The highest BCUT2D eigenvalue weighted by Gasteiger charge is 2.27. The van der Waals surface area contributed by atoms with Gasteiger partial charge in [-0.1, -0.05) is 18.2 Å². The number of rotatable bonds is 3. The minimum absolute atomic E-state index is 0.0610. The third kappa shape index (κ3) is 3.33. The van der Waals surface area contributed by atoms with Gasteiger partial charge in [0.05, 0.1) is 6.42 Å². The van der Waals surface area contributed by atoms with Gasteiger partial charge < -0.3 is 20.5 Å². The number of aromatic nitrogens is 3. The van der Waals surface area contributed by atoms with Crippen LogP contribution in [0.15, 0.2) is 42.9 Å². The number of hydrogen-bond acceptors (Lipinski definition) is 5. The summed E-state index contributed by atoms with van der Waals surface area (Å²) in [5.74, 6) is -0.0597. The highest BCUT2D eigenvalue weighted by atomic mass is 16.2. The van der Waals surface area contributed by atoms with Crippen LogP contribution in [0.5, 0.6) is 0 Å². The Morgan fingerprint density at radius 3 is 2.52 bits per heavy atom. The van der Waals surface area contributed by atoms with Crippen molar-refractivity contribution in [2.45, 2.75) is 6.42 Å². The molecule has 0 saturated carbocycles. The zero-order chi connectivity index (χ0) is 18.8. The second-order valence-electron chi connectivity index (χ2n) is 6.50. The molecule has 1 aromatic carbocycles. The van der Waals surface area contributed by atoms with E-state index in [1.807, 2.05) is 30.5 Å². The third-order valence-corrected chi connectivity index (χ3v) is 4.87. The maximum atomic E-state index is 12.7. The van der Waals surface area contributed by atoms with E-state index in [-0.39, 0.29) is 23.3 Å². The van der Waals surface area contributed by atoms with Gasteiger partial charge >= 0.3 is 0 Å². The maximum Gasteiger partial charge on any atom is 0.276 e. The van der Waals surface area contributed by atoms with Crippen LogP contribution in [-0.2, 0) is 11.2 Å². The number of carbonyl (C=O) groups excluding carboxylic acids is 2. The molecule has 0 unspecified atom stereocenters. The second-order valence-corrected chi connectivity index (χ2v) is 6.50. The van der Waals surface area contributed by atoms with Gasteiger partial charge in [-0.25, -0.2) is 9.97 Å². The van der Waals surface area contributed by atoms with E-state index in [1.54, 1.807) is 9.80 Å². The number of piperazine rings is 1. The zero-order valence-corrected chi connectivity index (χ0v) is 14.8. The average molecular weight is 364 g/mol. The number of H-pyrrole nitrogens is 1. The molecule has 0 aliphatic carbocycles. The van der Waals surface area contributed by atoms with Crippen LogP contribution < -0.4 is 5.73 Å². The van der Waals surface area contributed by atoms with Crippen molar-refractivity contribution in [2.24, 2.45) is 0 Å². The molecule has 2 amide bonds. The van der Waals surface area contributed by atoms with Gasteiger partial charge in [-0.05, 0) is 11.6 Å². The molecule has 27 heavy (non-hydrogen) atoms. The van der Waals surface area contributed by atoms with Crippen LogP contribution in [0.4, 0.5) is 5.82 Å². The van der Waals surface area contributed by atoms with Crippen LogP contribution in [0.25, 0.3) is 10.9 Å². The molecule has 3 heterocycles. The molecule has 0 atom stereocenters. The highest BCUT2D eigenvalue weighted by molar-refractivity contribution is 5.96. The number of hydrogen-bond donors (Lipinski definition) is 2. The Hall–Kier alpha value is -3.42. The van der Waals surface area contributed by atoms with Crippen molar-refractivity contribution in [3.63, 3.8) is 0 Å². The van der Waals surface area contributed by atoms with E-state index in [2.05, 4.69) is 15.0 Å². The summed E-state index contributed by atoms with van der Waals surface area (Å²) in [6, 6.07) is 7.93. The Kier molecular flexibility index (Phi) is 4.45. The van der Waals surface area contributed by atoms with E-state index < -0.39 is 0 Å². The molecule has 1 saturated heterocycles. The fourth-order valence-electron chi connectivity index (χ4n) is 3.37. The Morgan fingerprint density at radius 1 is 1.04 bits per heavy atom. The van der Waals surface area contributed by atoms with Crippen molar-refractivity contribution >= 4 is 28.5 Å². The molecule has 0 bridgehead atoms. The number of para-hydroxylation sites is 1. The van der Waals surface area contributed by atoms with Gasteiger partial charge in [0.2, 0.25) is 5.91 Å². The predicted molar refractivity (Wildman–Crippen MR) is 101 cm³/mol. The summed E-state index contributed by atoms with van der Waals surface area (Å²) in [5, 5.41) is 1.07. The molecule has 1 aliphatic heterocycles. The Balaban J connectivity index is 1.38.